The van der Waals surface area contributed by atoms with Gasteiger partial charge >= 0.3 is 0 Å². The minimum Gasteiger partial charge on any atom is -0.505 e. The smallest absolute Gasteiger partial charge is 0.191 e. The first-order valence-electron chi connectivity index (χ1n) is 9.15. The van der Waals surface area contributed by atoms with Gasteiger partial charge in [0.05, 0.1) is 0 Å². The van der Waals surface area contributed by atoms with Crippen molar-refractivity contribution in [3.8, 4) is 5.75 Å². The van der Waals surface area contributed by atoms with Gasteiger partial charge in [-0.3, -0.25) is 9.89 Å². The van der Waals surface area contributed by atoms with Gasteiger partial charge in [-0.1, -0.05) is 36.4 Å². The van der Waals surface area contributed by atoms with E-state index in [1.807, 2.05) is 6.07 Å². The SMILES string of the molecule is CN=C(NCCC(C)N(C)Cc1ccccc1)NCc1ccc(O)c(F)c1.I. The topological polar surface area (TPSA) is 59.9 Å². The average Bonchev–Trinajstić information content (AvgIpc) is 2.67. The number of rotatable bonds is 8. The van der Waals surface area contributed by atoms with Gasteiger partial charge in [0.1, 0.15) is 0 Å². The summed E-state index contributed by atoms with van der Waals surface area (Å²) in [7, 11) is 3.84. The maximum Gasteiger partial charge on any atom is 0.191 e. The highest BCUT2D eigenvalue weighted by Gasteiger charge is 2.10. The fourth-order valence-electron chi connectivity index (χ4n) is 2.71. The summed E-state index contributed by atoms with van der Waals surface area (Å²) in [4.78, 5) is 6.52. The van der Waals surface area contributed by atoms with Crippen molar-refractivity contribution < 1.29 is 9.50 Å². The number of guanidine groups is 1. The van der Waals surface area contributed by atoms with Crippen molar-refractivity contribution in [1.29, 1.82) is 0 Å². The molecule has 0 amide bonds. The molecular weight excluding hydrogens is 470 g/mol. The van der Waals surface area contributed by atoms with Gasteiger partial charge in [0, 0.05) is 32.7 Å². The first-order valence-corrected chi connectivity index (χ1v) is 9.15. The van der Waals surface area contributed by atoms with Gasteiger partial charge in [0.15, 0.2) is 17.5 Å². The van der Waals surface area contributed by atoms with Crippen LogP contribution in [0.2, 0.25) is 0 Å². The molecule has 7 heteroatoms. The first kappa shape index (κ1) is 24.2. The van der Waals surface area contributed by atoms with Crippen LogP contribution in [0.15, 0.2) is 53.5 Å². The van der Waals surface area contributed by atoms with Gasteiger partial charge in [-0.25, -0.2) is 4.39 Å². The molecule has 1 atom stereocenters. The molecule has 2 aromatic rings. The van der Waals surface area contributed by atoms with Crippen molar-refractivity contribution in [2.75, 3.05) is 20.6 Å². The van der Waals surface area contributed by atoms with Crippen molar-refractivity contribution >= 4 is 29.9 Å². The van der Waals surface area contributed by atoms with Crippen LogP contribution in [0.25, 0.3) is 0 Å². The molecule has 5 nitrogen and oxygen atoms in total. The summed E-state index contributed by atoms with van der Waals surface area (Å²) in [6.45, 7) is 4.34. The number of aromatic hydroxyl groups is 1. The minimum absolute atomic E-state index is 0. The zero-order valence-corrected chi connectivity index (χ0v) is 19.0. The molecule has 1 unspecified atom stereocenters. The lowest BCUT2D eigenvalue weighted by molar-refractivity contribution is 0.238. The predicted octanol–water partition coefficient (Wildman–Crippen LogP) is 3.72. The molecule has 0 aromatic heterocycles. The van der Waals surface area contributed by atoms with Crippen LogP contribution < -0.4 is 10.6 Å². The highest BCUT2D eigenvalue weighted by molar-refractivity contribution is 14.0. The van der Waals surface area contributed by atoms with Gasteiger partial charge in [-0.15, -0.1) is 24.0 Å². The van der Waals surface area contributed by atoms with Crippen LogP contribution in [-0.2, 0) is 13.1 Å². The monoisotopic (exact) mass is 500 g/mol. The second kappa shape index (κ2) is 12.6. The average molecular weight is 500 g/mol. The van der Waals surface area contributed by atoms with Gasteiger partial charge in [-0.05, 0) is 43.7 Å². The molecular formula is C21H30FIN4O. The highest BCUT2D eigenvalue weighted by Crippen LogP contribution is 2.15. The quantitative estimate of drug-likeness (QED) is 0.294. The Morgan fingerprint density at radius 2 is 1.86 bits per heavy atom. The van der Waals surface area contributed by atoms with E-state index >= 15 is 0 Å². The lowest BCUT2D eigenvalue weighted by Gasteiger charge is -2.25. The van der Waals surface area contributed by atoms with E-state index in [0.717, 1.165) is 25.1 Å². The van der Waals surface area contributed by atoms with Crippen LogP contribution in [0.1, 0.15) is 24.5 Å². The Balaban J connectivity index is 0.00000392. The molecule has 2 rings (SSSR count). The molecule has 0 heterocycles. The van der Waals surface area contributed by atoms with Crippen LogP contribution in [0.5, 0.6) is 5.75 Å². The molecule has 2 aromatic carbocycles. The van der Waals surface area contributed by atoms with Crippen LogP contribution in [0.3, 0.4) is 0 Å². The molecule has 0 aliphatic rings. The summed E-state index contributed by atoms with van der Waals surface area (Å²) in [6, 6.07) is 15.2. The number of phenols is 1. The van der Waals surface area contributed by atoms with E-state index in [9.17, 15) is 9.50 Å². The van der Waals surface area contributed by atoms with E-state index in [2.05, 4.69) is 58.8 Å². The van der Waals surface area contributed by atoms with E-state index in [0.29, 0.717) is 18.5 Å². The minimum atomic E-state index is -0.618. The van der Waals surface area contributed by atoms with E-state index in [1.54, 1.807) is 13.1 Å². The molecule has 154 valence electrons. The molecule has 0 aliphatic heterocycles. The number of nitrogens with one attached hydrogen (secondary N) is 2. The number of halogens is 2. The summed E-state index contributed by atoms with van der Waals surface area (Å²) in [5, 5.41) is 15.7. The van der Waals surface area contributed by atoms with Crippen molar-refractivity contribution in [2.24, 2.45) is 4.99 Å². The Kier molecular flexibility index (Phi) is 10.8. The number of hydrogen-bond donors (Lipinski definition) is 3. The third-order valence-corrected chi connectivity index (χ3v) is 4.58. The third-order valence-electron chi connectivity index (χ3n) is 4.58. The molecule has 28 heavy (non-hydrogen) atoms. The summed E-state index contributed by atoms with van der Waals surface area (Å²) in [6.07, 6.45) is 0.970. The van der Waals surface area contributed by atoms with Gasteiger partial charge in [-0.2, -0.15) is 0 Å². The Labute approximate surface area is 184 Å². The normalized spacial score (nSPS) is 12.4. The molecule has 0 aliphatic carbocycles. The number of aliphatic imine (C=N–C) groups is 1. The Morgan fingerprint density at radius 1 is 1.14 bits per heavy atom. The maximum absolute atomic E-state index is 13.4. The van der Waals surface area contributed by atoms with Gasteiger partial charge < -0.3 is 15.7 Å². The van der Waals surface area contributed by atoms with E-state index in [4.69, 9.17) is 0 Å². The van der Waals surface area contributed by atoms with Gasteiger partial charge in [0.25, 0.3) is 0 Å². The Hall–Kier alpha value is -1.87. The van der Waals surface area contributed by atoms with Crippen molar-refractivity contribution in [3.63, 3.8) is 0 Å². The first-order chi connectivity index (χ1) is 13.0. The van der Waals surface area contributed by atoms with Crippen LogP contribution >= 0.6 is 24.0 Å². The van der Waals surface area contributed by atoms with Crippen molar-refractivity contribution in [1.82, 2.24) is 15.5 Å². The highest BCUT2D eigenvalue weighted by atomic mass is 127. The van der Waals surface area contributed by atoms with E-state index in [-0.39, 0.29) is 29.7 Å². The lowest BCUT2D eigenvalue weighted by Crippen LogP contribution is -2.39. The second-order valence-electron chi connectivity index (χ2n) is 6.68. The largest absolute Gasteiger partial charge is 0.505 e. The van der Waals surface area contributed by atoms with E-state index < -0.39 is 5.82 Å². The molecule has 0 saturated heterocycles. The van der Waals surface area contributed by atoms with Crippen LogP contribution in [-0.4, -0.2) is 42.6 Å². The van der Waals surface area contributed by atoms with Crippen molar-refractivity contribution in [3.05, 3.63) is 65.5 Å². The summed E-state index contributed by atoms with van der Waals surface area (Å²) in [5.74, 6) is -0.288. The Morgan fingerprint density at radius 3 is 2.50 bits per heavy atom. The summed E-state index contributed by atoms with van der Waals surface area (Å²) in [5.41, 5.74) is 2.04. The second-order valence-corrected chi connectivity index (χ2v) is 6.68. The molecule has 0 fully saturated rings. The van der Waals surface area contributed by atoms with Crippen LogP contribution in [0.4, 0.5) is 4.39 Å². The number of phenolic OH excluding ortho intramolecular Hbond substituents is 1. The number of hydrogen-bond acceptors (Lipinski definition) is 3. The number of benzene rings is 2. The van der Waals surface area contributed by atoms with Gasteiger partial charge in [0.2, 0.25) is 0 Å². The molecule has 0 bridgehead atoms. The fraction of sp³-hybridized carbons (Fsp3) is 0.381. The van der Waals surface area contributed by atoms with Crippen molar-refractivity contribution in [2.45, 2.75) is 32.5 Å². The van der Waals surface area contributed by atoms with Crippen LogP contribution in [0, 0.1) is 5.82 Å². The number of nitrogens with zero attached hydrogens (tertiary/aromatic N) is 2. The lowest BCUT2D eigenvalue weighted by atomic mass is 10.1. The summed E-state index contributed by atoms with van der Waals surface area (Å²) < 4.78 is 13.4. The third kappa shape index (κ3) is 8.02. The molecule has 0 radical (unpaired) electrons. The predicted molar refractivity (Wildman–Crippen MR) is 124 cm³/mol. The molecule has 3 N–H and O–H groups in total. The Bertz CT molecular complexity index is 742. The molecule has 0 saturated carbocycles. The van der Waals surface area contributed by atoms with E-state index in [1.165, 1.54) is 17.7 Å². The molecule has 0 spiro atoms. The zero-order valence-electron chi connectivity index (χ0n) is 16.7. The fourth-order valence-corrected chi connectivity index (χ4v) is 2.71. The zero-order chi connectivity index (χ0) is 19.6. The summed E-state index contributed by atoms with van der Waals surface area (Å²) >= 11 is 0. The standard InChI is InChI=1S/C21H29FN4O.HI/c1-16(26(3)15-17-7-5-4-6-8-17)11-12-24-21(23-2)25-14-18-9-10-20(27)19(22)13-18;/h4-10,13,16,27H,11-12,14-15H2,1-3H3,(H2,23,24,25);1H. The maximum atomic E-state index is 13.4.